The highest BCUT2D eigenvalue weighted by molar-refractivity contribution is 7.11. The first-order valence-electron chi connectivity index (χ1n) is 10.1. The van der Waals surface area contributed by atoms with Gasteiger partial charge in [-0.15, -0.1) is 11.3 Å². The van der Waals surface area contributed by atoms with Crippen molar-refractivity contribution in [3.63, 3.8) is 0 Å². The van der Waals surface area contributed by atoms with Crippen molar-refractivity contribution in [2.75, 3.05) is 13.6 Å². The van der Waals surface area contributed by atoms with Crippen molar-refractivity contribution >= 4 is 17.3 Å². The maximum Gasteiger partial charge on any atom is 0.191 e. The summed E-state index contributed by atoms with van der Waals surface area (Å²) in [6, 6.07) is 10.6. The number of aliphatic imine (C=N–C) groups is 1. The first-order valence-corrected chi connectivity index (χ1v) is 10.9. The average Bonchev–Trinajstić information content (AvgIpc) is 3.31. The predicted octanol–water partition coefficient (Wildman–Crippen LogP) is 3.50. The second-order valence-corrected chi connectivity index (χ2v) is 8.27. The number of imidazole rings is 1. The molecule has 0 atom stereocenters. The quantitative estimate of drug-likeness (QED) is 0.419. The van der Waals surface area contributed by atoms with Crippen LogP contribution in [-0.4, -0.2) is 34.1 Å². The van der Waals surface area contributed by atoms with Gasteiger partial charge in [-0.2, -0.15) is 0 Å². The van der Waals surface area contributed by atoms with E-state index in [1.165, 1.54) is 10.4 Å². The van der Waals surface area contributed by atoms with Gasteiger partial charge in [0.1, 0.15) is 5.82 Å². The Balaban J connectivity index is 1.42. The van der Waals surface area contributed by atoms with Gasteiger partial charge in [-0.25, -0.2) is 9.97 Å². The van der Waals surface area contributed by atoms with Gasteiger partial charge in [0, 0.05) is 43.8 Å². The molecule has 2 heterocycles. The number of benzene rings is 1. The maximum atomic E-state index is 4.59. The summed E-state index contributed by atoms with van der Waals surface area (Å²) in [5.74, 6) is 1.81. The van der Waals surface area contributed by atoms with Crippen molar-refractivity contribution in [2.24, 2.45) is 4.99 Å². The molecule has 3 rings (SSSR count). The van der Waals surface area contributed by atoms with Crippen LogP contribution in [0.3, 0.4) is 0 Å². The van der Waals surface area contributed by atoms with Crippen LogP contribution in [0, 0.1) is 13.8 Å². The molecular weight excluding hydrogens is 380 g/mol. The molecule has 3 aromatic rings. The molecule has 154 valence electrons. The third-order valence-corrected chi connectivity index (χ3v) is 5.98. The van der Waals surface area contributed by atoms with Crippen LogP contribution in [0.1, 0.15) is 33.4 Å². The van der Waals surface area contributed by atoms with Crippen LogP contribution >= 0.6 is 11.3 Å². The summed E-state index contributed by atoms with van der Waals surface area (Å²) >= 11 is 1.77. The molecule has 0 saturated heterocycles. The SMILES string of the molecule is CN=C(NCCc1nc(C)c(C)s1)NCc1nccn1CCCc1ccccc1. The number of nitrogens with one attached hydrogen (secondary N) is 2. The number of rotatable bonds is 9. The average molecular weight is 411 g/mol. The zero-order valence-electron chi connectivity index (χ0n) is 17.5. The largest absolute Gasteiger partial charge is 0.356 e. The molecule has 1 aromatic carbocycles. The van der Waals surface area contributed by atoms with E-state index in [-0.39, 0.29) is 0 Å². The Morgan fingerprint density at radius 3 is 2.69 bits per heavy atom. The van der Waals surface area contributed by atoms with Crippen LogP contribution < -0.4 is 10.6 Å². The van der Waals surface area contributed by atoms with E-state index in [2.05, 4.69) is 74.3 Å². The Labute approximate surface area is 177 Å². The molecular formula is C22H30N6S. The van der Waals surface area contributed by atoms with Gasteiger partial charge in [0.05, 0.1) is 17.2 Å². The van der Waals surface area contributed by atoms with Gasteiger partial charge < -0.3 is 15.2 Å². The molecule has 0 radical (unpaired) electrons. The van der Waals surface area contributed by atoms with Crippen LogP contribution in [0.4, 0.5) is 0 Å². The summed E-state index contributed by atoms with van der Waals surface area (Å²) in [5, 5.41) is 7.89. The molecule has 29 heavy (non-hydrogen) atoms. The van der Waals surface area contributed by atoms with Crippen molar-refractivity contribution in [1.29, 1.82) is 0 Å². The number of guanidine groups is 1. The lowest BCUT2D eigenvalue weighted by Crippen LogP contribution is -2.38. The molecule has 0 aliphatic rings. The topological polar surface area (TPSA) is 67.1 Å². The molecule has 0 aliphatic carbocycles. The zero-order chi connectivity index (χ0) is 20.5. The highest BCUT2D eigenvalue weighted by Gasteiger charge is 2.06. The van der Waals surface area contributed by atoms with Crippen LogP contribution in [0.2, 0.25) is 0 Å². The van der Waals surface area contributed by atoms with Crippen molar-refractivity contribution in [2.45, 2.75) is 46.2 Å². The van der Waals surface area contributed by atoms with E-state index in [0.29, 0.717) is 6.54 Å². The fraction of sp³-hybridized carbons (Fsp3) is 0.409. The fourth-order valence-electron chi connectivity index (χ4n) is 3.13. The minimum Gasteiger partial charge on any atom is -0.356 e. The minimum atomic E-state index is 0.646. The monoisotopic (exact) mass is 410 g/mol. The number of aryl methyl sites for hydroxylation is 4. The molecule has 0 amide bonds. The van der Waals surface area contributed by atoms with E-state index >= 15 is 0 Å². The number of thiazole rings is 1. The molecule has 7 heteroatoms. The summed E-state index contributed by atoms with van der Waals surface area (Å²) in [7, 11) is 1.79. The predicted molar refractivity (Wildman–Crippen MR) is 120 cm³/mol. The Hall–Kier alpha value is -2.67. The second kappa shape index (κ2) is 10.8. The zero-order valence-corrected chi connectivity index (χ0v) is 18.3. The summed E-state index contributed by atoms with van der Waals surface area (Å²) in [6.45, 7) is 6.59. The van der Waals surface area contributed by atoms with Gasteiger partial charge >= 0.3 is 0 Å². The van der Waals surface area contributed by atoms with E-state index in [4.69, 9.17) is 0 Å². The second-order valence-electron chi connectivity index (χ2n) is 6.98. The standard InChI is InChI=1S/C22H30N6S/c1-17-18(2)29-21(27-17)11-12-25-22(23-3)26-16-20-24-13-15-28(20)14-7-10-19-8-5-4-6-9-19/h4-6,8-9,13,15H,7,10-12,14,16H2,1-3H3,(H2,23,25,26). The Morgan fingerprint density at radius 2 is 1.97 bits per heavy atom. The minimum absolute atomic E-state index is 0.646. The molecule has 0 fully saturated rings. The number of hydrogen-bond acceptors (Lipinski definition) is 4. The number of aromatic nitrogens is 3. The molecule has 6 nitrogen and oxygen atoms in total. The van der Waals surface area contributed by atoms with Crippen molar-refractivity contribution < 1.29 is 0 Å². The number of hydrogen-bond donors (Lipinski definition) is 2. The summed E-state index contributed by atoms with van der Waals surface area (Å²) in [4.78, 5) is 14.7. The fourth-order valence-corrected chi connectivity index (χ4v) is 4.06. The Morgan fingerprint density at radius 1 is 1.14 bits per heavy atom. The van der Waals surface area contributed by atoms with Crippen molar-refractivity contribution in [3.8, 4) is 0 Å². The van der Waals surface area contributed by atoms with E-state index in [1.807, 2.05) is 12.4 Å². The van der Waals surface area contributed by atoms with Gasteiger partial charge in [-0.1, -0.05) is 30.3 Å². The third kappa shape index (κ3) is 6.42. The molecule has 0 unspecified atom stereocenters. The van der Waals surface area contributed by atoms with E-state index < -0.39 is 0 Å². The van der Waals surface area contributed by atoms with Gasteiger partial charge in [-0.3, -0.25) is 4.99 Å². The van der Waals surface area contributed by atoms with Crippen molar-refractivity contribution in [1.82, 2.24) is 25.2 Å². The molecule has 0 saturated carbocycles. The summed E-state index contributed by atoms with van der Waals surface area (Å²) in [6.07, 6.45) is 6.97. The highest BCUT2D eigenvalue weighted by atomic mass is 32.1. The highest BCUT2D eigenvalue weighted by Crippen LogP contribution is 2.16. The lowest BCUT2D eigenvalue weighted by molar-refractivity contribution is 0.600. The van der Waals surface area contributed by atoms with E-state index in [0.717, 1.165) is 54.8 Å². The Bertz CT molecular complexity index is 893. The Kier molecular flexibility index (Phi) is 7.81. The van der Waals surface area contributed by atoms with Crippen LogP contribution in [-0.2, 0) is 25.9 Å². The lowest BCUT2D eigenvalue weighted by Gasteiger charge is -2.12. The van der Waals surface area contributed by atoms with Gasteiger partial charge in [0.2, 0.25) is 0 Å². The normalized spacial score (nSPS) is 11.6. The van der Waals surface area contributed by atoms with E-state index in [1.54, 1.807) is 18.4 Å². The van der Waals surface area contributed by atoms with Crippen LogP contribution in [0.5, 0.6) is 0 Å². The molecule has 0 bridgehead atoms. The molecule has 0 aliphatic heterocycles. The van der Waals surface area contributed by atoms with Gasteiger partial charge in [0.25, 0.3) is 0 Å². The van der Waals surface area contributed by atoms with Crippen molar-refractivity contribution in [3.05, 3.63) is 69.7 Å². The van der Waals surface area contributed by atoms with Crippen LogP contribution in [0.15, 0.2) is 47.7 Å². The van der Waals surface area contributed by atoms with E-state index in [9.17, 15) is 0 Å². The molecule has 2 N–H and O–H groups in total. The number of nitrogens with zero attached hydrogens (tertiary/aromatic N) is 4. The third-order valence-electron chi connectivity index (χ3n) is 4.85. The summed E-state index contributed by atoms with van der Waals surface area (Å²) in [5.41, 5.74) is 2.51. The maximum absolute atomic E-state index is 4.59. The summed E-state index contributed by atoms with van der Waals surface area (Å²) < 4.78 is 2.21. The van der Waals surface area contributed by atoms with Gasteiger partial charge in [-0.05, 0) is 32.3 Å². The molecule has 2 aromatic heterocycles. The van der Waals surface area contributed by atoms with Crippen LogP contribution in [0.25, 0.3) is 0 Å². The smallest absolute Gasteiger partial charge is 0.191 e. The molecule has 0 spiro atoms. The first kappa shape index (κ1) is 21.0. The first-order chi connectivity index (χ1) is 14.2. The lowest BCUT2D eigenvalue weighted by atomic mass is 10.1. The van der Waals surface area contributed by atoms with Gasteiger partial charge in [0.15, 0.2) is 5.96 Å².